The number of likely N-dealkylation sites (tertiary alicyclic amines) is 1. The Morgan fingerprint density at radius 2 is 0.945 bits per heavy atom. The summed E-state index contributed by atoms with van der Waals surface area (Å²) in [5, 5.41) is 11.2. The highest BCUT2D eigenvalue weighted by Gasteiger charge is 2.39. The van der Waals surface area contributed by atoms with E-state index in [1.54, 1.807) is 0 Å². The van der Waals surface area contributed by atoms with Gasteiger partial charge in [-0.05, 0) is 35.1 Å². The molecule has 1 saturated heterocycles. The van der Waals surface area contributed by atoms with Crippen LogP contribution in [0.15, 0.2) is 121 Å². The van der Waals surface area contributed by atoms with Crippen LogP contribution in [0.4, 0.5) is 0 Å². The first-order chi connectivity index (χ1) is 26.6. The number of hydrogen-bond donors (Lipinski definition) is 5. The number of nitrogens with zero attached hydrogens (tertiary/aromatic N) is 1. The minimum Gasteiger partial charge on any atom is -0.368 e. The molecule has 6 amide bonds. The minimum atomic E-state index is -1.13. The number of carbonyl (C=O) groups is 6. The van der Waals surface area contributed by atoms with Gasteiger partial charge in [-0.15, -0.1) is 0 Å². The predicted octanol–water partition coefficient (Wildman–Crippen LogP) is 2.39. The maximum absolute atomic E-state index is 14.5. The second-order valence-electron chi connectivity index (χ2n) is 13.8. The molecule has 12 heteroatoms. The van der Waals surface area contributed by atoms with Crippen molar-refractivity contribution in [2.45, 2.75) is 75.7 Å². The van der Waals surface area contributed by atoms with Gasteiger partial charge in [-0.3, -0.25) is 28.8 Å². The predicted molar refractivity (Wildman–Crippen MR) is 208 cm³/mol. The lowest BCUT2D eigenvalue weighted by atomic mass is 10.0. The molecule has 5 atom stereocenters. The highest BCUT2D eigenvalue weighted by molar-refractivity contribution is 5.97. The molecule has 0 aliphatic carbocycles. The fourth-order valence-electron chi connectivity index (χ4n) is 6.80. The first-order valence-corrected chi connectivity index (χ1v) is 18.5. The molecule has 0 radical (unpaired) electrons. The summed E-state index contributed by atoms with van der Waals surface area (Å²) in [5.41, 5.74) is 8.86. The van der Waals surface area contributed by atoms with Gasteiger partial charge >= 0.3 is 0 Å². The van der Waals surface area contributed by atoms with E-state index < -0.39 is 65.7 Å². The quantitative estimate of drug-likeness (QED) is 0.111. The highest BCUT2D eigenvalue weighted by atomic mass is 16.2. The summed E-state index contributed by atoms with van der Waals surface area (Å²) in [7, 11) is 0. The zero-order chi connectivity index (χ0) is 39.2. The zero-order valence-electron chi connectivity index (χ0n) is 30.9. The van der Waals surface area contributed by atoms with E-state index in [0.29, 0.717) is 12.8 Å². The largest absolute Gasteiger partial charge is 0.368 e. The molecule has 1 heterocycles. The van der Waals surface area contributed by atoms with E-state index in [4.69, 9.17) is 5.73 Å². The van der Waals surface area contributed by atoms with Crippen LogP contribution in [-0.2, 0) is 54.5 Å². The van der Waals surface area contributed by atoms with Crippen LogP contribution in [0.2, 0.25) is 0 Å². The smallest absolute Gasteiger partial charge is 0.246 e. The van der Waals surface area contributed by atoms with Gasteiger partial charge in [0.15, 0.2) is 0 Å². The monoisotopic (exact) mass is 744 g/mol. The topological polar surface area (TPSA) is 180 Å². The van der Waals surface area contributed by atoms with Gasteiger partial charge < -0.3 is 31.9 Å². The molecular formula is C43H48N6O6. The number of carbonyl (C=O) groups excluding carboxylic acids is 6. The van der Waals surface area contributed by atoms with E-state index in [-0.39, 0.29) is 32.2 Å². The van der Waals surface area contributed by atoms with Crippen LogP contribution in [0.1, 0.15) is 42.0 Å². The molecule has 5 rings (SSSR count). The Bertz CT molecular complexity index is 1910. The van der Waals surface area contributed by atoms with Crippen LogP contribution in [0.3, 0.4) is 0 Å². The van der Waals surface area contributed by atoms with Gasteiger partial charge in [-0.25, -0.2) is 0 Å². The van der Waals surface area contributed by atoms with Gasteiger partial charge in [-0.2, -0.15) is 0 Å². The summed E-state index contributed by atoms with van der Waals surface area (Å²) < 4.78 is 0. The lowest BCUT2D eigenvalue weighted by Crippen LogP contribution is -2.59. The van der Waals surface area contributed by atoms with E-state index in [9.17, 15) is 28.8 Å². The van der Waals surface area contributed by atoms with Crippen LogP contribution in [0.25, 0.3) is 0 Å². The van der Waals surface area contributed by atoms with Gasteiger partial charge in [0.25, 0.3) is 0 Å². The SMILES string of the molecule is CC(=O)N[C@@H](Cc1ccccc1)C(=O)N[C@@H](Cc1ccccc1)C(=O)N[C@@H](Cc1ccccc1)C(=O)N1CCC[C@H]1C(=O)N[C@@H](Cc1ccccc1)C(N)=O. The van der Waals surface area contributed by atoms with Crippen molar-refractivity contribution in [1.82, 2.24) is 26.2 Å². The third-order valence-electron chi connectivity index (χ3n) is 9.57. The lowest BCUT2D eigenvalue weighted by Gasteiger charge is -2.31. The summed E-state index contributed by atoms with van der Waals surface area (Å²) in [6.07, 6.45) is 1.50. The van der Waals surface area contributed by atoms with Crippen molar-refractivity contribution < 1.29 is 28.8 Å². The van der Waals surface area contributed by atoms with Crippen LogP contribution >= 0.6 is 0 Å². The van der Waals surface area contributed by atoms with Crippen molar-refractivity contribution in [3.8, 4) is 0 Å². The highest BCUT2D eigenvalue weighted by Crippen LogP contribution is 2.21. The third kappa shape index (κ3) is 11.8. The van der Waals surface area contributed by atoms with E-state index in [1.165, 1.54) is 11.8 Å². The molecule has 55 heavy (non-hydrogen) atoms. The van der Waals surface area contributed by atoms with E-state index in [1.807, 2.05) is 121 Å². The number of amides is 6. The molecule has 0 aromatic heterocycles. The van der Waals surface area contributed by atoms with Crippen molar-refractivity contribution in [2.24, 2.45) is 5.73 Å². The molecule has 0 spiro atoms. The molecule has 0 bridgehead atoms. The number of nitrogens with one attached hydrogen (secondary N) is 4. The zero-order valence-corrected chi connectivity index (χ0v) is 30.9. The third-order valence-corrected chi connectivity index (χ3v) is 9.57. The molecule has 12 nitrogen and oxygen atoms in total. The molecule has 6 N–H and O–H groups in total. The second-order valence-corrected chi connectivity index (χ2v) is 13.8. The van der Waals surface area contributed by atoms with Crippen molar-refractivity contribution in [3.63, 3.8) is 0 Å². The maximum atomic E-state index is 14.5. The second kappa shape index (κ2) is 19.7. The first kappa shape index (κ1) is 39.9. The molecule has 0 saturated carbocycles. The van der Waals surface area contributed by atoms with Gasteiger partial charge in [0, 0.05) is 39.2 Å². The summed E-state index contributed by atoms with van der Waals surface area (Å²) in [6.45, 7) is 1.59. The number of primary amides is 1. The Hall–Kier alpha value is -6.30. The van der Waals surface area contributed by atoms with Crippen molar-refractivity contribution in [2.75, 3.05) is 6.54 Å². The van der Waals surface area contributed by atoms with Crippen LogP contribution in [0, 0.1) is 0 Å². The summed E-state index contributed by atoms with van der Waals surface area (Å²) in [4.78, 5) is 82.3. The molecule has 4 aromatic carbocycles. The number of benzene rings is 4. The van der Waals surface area contributed by atoms with Crippen molar-refractivity contribution in [1.29, 1.82) is 0 Å². The minimum absolute atomic E-state index is 0.105. The van der Waals surface area contributed by atoms with E-state index in [2.05, 4.69) is 21.3 Å². The molecule has 1 aliphatic rings. The fourth-order valence-corrected chi connectivity index (χ4v) is 6.80. The van der Waals surface area contributed by atoms with Crippen LogP contribution < -0.4 is 27.0 Å². The summed E-state index contributed by atoms with van der Waals surface area (Å²) >= 11 is 0. The summed E-state index contributed by atoms with van der Waals surface area (Å²) in [6, 6.07) is 31.6. The molecule has 0 unspecified atom stereocenters. The molecule has 4 aromatic rings. The Morgan fingerprint density at radius 3 is 1.36 bits per heavy atom. The Morgan fingerprint density at radius 1 is 0.564 bits per heavy atom. The molecular weight excluding hydrogens is 697 g/mol. The van der Waals surface area contributed by atoms with E-state index >= 15 is 0 Å². The average molecular weight is 745 g/mol. The number of rotatable bonds is 17. The Balaban J connectivity index is 1.37. The fraction of sp³-hybridized carbons (Fsp3) is 0.302. The van der Waals surface area contributed by atoms with E-state index in [0.717, 1.165) is 22.3 Å². The molecule has 1 aliphatic heterocycles. The van der Waals surface area contributed by atoms with Gasteiger partial charge in [0.2, 0.25) is 35.4 Å². The normalized spacial score (nSPS) is 15.8. The maximum Gasteiger partial charge on any atom is 0.246 e. The van der Waals surface area contributed by atoms with Gasteiger partial charge in [0.1, 0.15) is 30.2 Å². The van der Waals surface area contributed by atoms with Crippen molar-refractivity contribution in [3.05, 3.63) is 144 Å². The lowest BCUT2D eigenvalue weighted by molar-refractivity contribution is -0.142. The average Bonchev–Trinajstić information content (AvgIpc) is 3.68. The number of hydrogen-bond acceptors (Lipinski definition) is 6. The Labute approximate surface area is 321 Å². The van der Waals surface area contributed by atoms with Gasteiger partial charge in [0.05, 0.1) is 0 Å². The van der Waals surface area contributed by atoms with Gasteiger partial charge in [-0.1, -0.05) is 121 Å². The number of nitrogens with two attached hydrogens (primary N) is 1. The molecule has 1 fully saturated rings. The van der Waals surface area contributed by atoms with Crippen LogP contribution in [-0.4, -0.2) is 77.1 Å². The molecule has 286 valence electrons. The standard InChI is InChI=1S/C43H48N6O6/c1-29(50)45-35(26-31-17-8-3-9-18-31)40(52)47-36(27-32-19-10-4-11-20-32)41(53)48-37(28-33-21-12-5-13-22-33)43(55)49-24-14-23-38(49)42(54)46-34(39(44)51)25-30-15-6-2-7-16-30/h2-13,15-22,34-38H,14,23-28H2,1H3,(H2,44,51)(H,45,50)(H,46,54)(H,47,52)(H,48,53)/t34-,35-,36-,37-,38-/m0/s1. The first-order valence-electron chi connectivity index (χ1n) is 18.5. The Kier molecular flexibility index (Phi) is 14.3. The van der Waals surface area contributed by atoms with Crippen LogP contribution in [0.5, 0.6) is 0 Å². The van der Waals surface area contributed by atoms with Crippen molar-refractivity contribution >= 4 is 35.4 Å². The summed E-state index contributed by atoms with van der Waals surface area (Å²) in [5.74, 6) is -3.24.